The molecule has 0 fully saturated rings. The molecule has 0 saturated heterocycles. The number of nitrogens with two attached hydrogens (primary N) is 1. The van der Waals surface area contributed by atoms with Gasteiger partial charge in [0.25, 0.3) is 0 Å². The Balaban J connectivity index is 2.85. The van der Waals surface area contributed by atoms with Crippen molar-refractivity contribution in [3.05, 3.63) is 17.0 Å². The number of hydrogen-bond donors (Lipinski definition) is 2. The highest BCUT2D eigenvalue weighted by atomic mass is 35.5. The Labute approximate surface area is 91.1 Å². The van der Waals surface area contributed by atoms with Gasteiger partial charge in [-0.3, -0.25) is 4.79 Å². The number of rotatable bonds is 3. The molecule has 1 amide bonds. The molecule has 1 atom stereocenters. The Hall–Kier alpha value is -1.87. The highest BCUT2D eigenvalue weighted by Crippen LogP contribution is 2.12. The Bertz CT molecular complexity index is 428. The van der Waals surface area contributed by atoms with Crippen LogP contribution in [0.25, 0.3) is 0 Å². The smallest absolute Gasteiger partial charge is 0.239 e. The summed E-state index contributed by atoms with van der Waals surface area (Å²) in [7, 11) is 0. The van der Waals surface area contributed by atoms with E-state index in [0.717, 1.165) is 0 Å². The first kappa shape index (κ1) is 11.2. The van der Waals surface area contributed by atoms with Crippen LogP contribution in [0.2, 0.25) is 5.15 Å². The van der Waals surface area contributed by atoms with Gasteiger partial charge in [-0.25, -0.2) is 9.97 Å². The number of hydrogen-bond acceptors (Lipinski definition) is 5. The summed E-state index contributed by atoms with van der Waals surface area (Å²) in [6.07, 6.45) is 1.31. The highest BCUT2D eigenvalue weighted by Gasteiger charge is 2.10. The van der Waals surface area contributed by atoms with Crippen LogP contribution in [0, 0.1) is 11.3 Å². The van der Waals surface area contributed by atoms with Crippen LogP contribution in [-0.4, -0.2) is 21.9 Å². The van der Waals surface area contributed by atoms with Gasteiger partial charge in [0.15, 0.2) is 10.8 Å². The zero-order valence-electron chi connectivity index (χ0n) is 7.86. The number of nitriles is 1. The summed E-state index contributed by atoms with van der Waals surface area (Å²) < 4.78 is 0. The normalized spacial score (nSPS) is 11.5. The molecule has 0 aliphatic carbocycles. The molecule has 6 nitrogen and oxygen atoms in total. The minimum absolute atomic E-state index is 0.0147. The standard InChI is InChI=1S/C8H8ClN5O/c1-4(8(11)15)13-6-3-12-5(2-10)7(9)14-6/h3-4H,1H3,(H2,11,15)(H,13,14). The summed E-state index contributed by atoms with van der Waals surface area (Å²) in [6, 6.07) is 1.19. The number of carbonyl (C=O) groups excluding carboxylic acids is 1. The van der Waals surface area contributed by atoms with Crippen molar-refractivity contribution in [2.45, 2.75) is 13.0 Å². The number of nitrogens with one attached hydrogen (secondary N) is 1. The van der Waals surface area contributed by atoms with E-state index in [1.54, 1.807) is 13.0 Å². The lowest BCUT2D eigenvalue weighted by Gasteiger charge is -2.10. The summed E-state index contributed by atoms with van der Waals surface area (Å²) in [4.78, 5) is 18.3. The van der Waals surface area contributed by atoms with Gasteiger partial charge in [0.1, 0.15) is 17.9 Å². The number of primary amides is 1. The second-order valence-electron chi connectivity index (χ2n) is 2.77. The SMILES string of the molecule is CC(Nc1cnc(C#N)c(Cl)n1)C(N)=O. The average Bonchev–Trinajstić information content (AvgIpc) is 2.18. The van der Waals surface area contributed by atoms with E-state index in [2.05, 4.69) is 15.3 Å². The van der Waals surface area contributed by atoms with Crippen molar-refractivity contribution < 1.29 is 4.79 Å². The van der Waals surface area contributed by atoms with E-state index >= 15 is 0 Å². The summed E-state index contributed by atoms with van der Waals surface area (Å²) in [5.74, 6) is -0.220. The monoisotopic (exact) mass is 225 g/mol. The van der Waals surface area contributed by atoms with Gasteiger partial charge in [0.2, 0.25) is 5.91 Å². The number of anilines is 1. The largest absolute Gasteiger partial charge is 0.368 e. The lowest BCUT2D eigenvalue weighted by Crippen LogP contribution is -2.32. The molecule has 1 rings (SSSR count). The molecule has 1 unspecified atom stereocenters. The highest BCUT2D eigenvalue weighted by molar-refractivity contribution is 6.30. The number of nitrogens with zero attached hydrogens (tertiary/aromatic N) is 3. The quantitative estimate of drug-likeness (QED) is 0.769. The Morgan fingerprint density at radius 1 is 1.80 bits per heavy atom. The second-order valence-corrected chi connectivity index (χ2v) is 3.13. The predicted octanol–water partition coefficient (Wildman–Crippen LogP) is 0.287. The van der Waals surface area contributed by atoms with Gasteiger partial charge in [0, 0.05) is 0 Å². The predicted molar refractivity (Wildman–Crippen MR) is 54.0 cm³/mol. The number of halogens is 1. The molecule has 1 aromatic rings. The van der Waals surface area contributed by atoms with E-state index in [4.69, 9.17) is 22.6 Å². The van der Waals surface area contributed by atoms with Crippen LogP contribution in [0.4, 0.5) is 5.82 Å². The molecule has 78 valence electrons. The second kappa shape index (κ2) is 4.57. The van der Waals surface area contributed by atoms with Crippen molar-refractivity contribution in [3.8, 4) is 6.07 Å². The molecule has 0 radical (unpaired) electrons. The van der Waals surface area contributed by atoms with E-state index < -0.39 is 11.9 Å². The molecular weight excluding hydrogens is 218 g/mol. The lowest BCUT2D eigenvalue weighted by molar-refractivity contribution is -0.118. The molecule has 1 aromatic heterocycles. The van der Waals surface area contributed by atoms with Crippen LogP contribution in [0.3, 0.4) is 0 Å². The first-order valence-electron chi connectivity index (χ1n) is 4.03. The van der Waals surface area contributed by atoms with Gasteiger partial charge in [-0.15, -0.1) is 0 Å². The van der Waals surface area contributed by atoms with Gasteiger partial charge in [0.05, 0.1) is 6.20 Å². The van der Waals surface area contributed by atoms with E-state index in [0.29, 0.717) is 5.82 Å². The van der Waals surface area contributed by atoms with Crippen LogP contribution < -0.4 is 11.1 Å². The molecule has 0 saturated carbocycles. The van der Waals surface area contributed by atoms with E-state index in [1.165, 1.54) is 6.20 Å². The van der Waals surface area contributed by atoms with Gasteiger partial charge in [-0.1, -0.05) is 11.6 Å². The average molecular weight is 226 g/mol. The maximum Gasteiger partial charge on any atom is 0.239 e. The Kier molecular flexibility index (Phi) is 3.42. The van der Waals surface area contributed by atoms with Crippen LogP contribution in [0.1, 0.15) is 12.6 Å². The molecule has 0 aromatic carbocycles. The van der Waals surface area contributed by atoms with Crippen LogP contribution in [0.15, 0.2) is 6.20 Å². The Morgan fingerprint density at radius 2 is 2.47 bits per heavy atom. The van der Waals surface area contributed by atoms with Crippen molar-refractivity contribution in [2.24, 2.45) is 5.73 Å². The third kappa shape index (κ3) is 2.79. The van der Waals surface area contributed by atoms with E-state index in [9.17, 15) is 4.79 Å². The third-order valence-electron chi connectivity index (χ3n) is 1.63. The summed E-state index contributed by atoms with van der Waals surface area (Å²) >= 11 is 5.64. The summed E-state index contributed by atoms with van der Waals surface area (Å²) in [5.41, 5.74) is 5.08. The van der Waals surface area contributed by atoms with Gasteiger partial charge < -0.3 is 11.1 Å². The van der Waals surface area contributed by atoms with Crippen molar-refractivity contribution in [1.29, 1.82) is 5.26 Å². The maximum atomic E-state index is 10.7. The van der Waals surface area contributed by atoms with Gasteiger partial charge in [-0.05, 0) is 6.92 Å². The Morgan fingerprint density at radius 3 is 2.93 bits per heavy atom. The molecule has 1 heterocycles. The minimum Gasteiger partial charge on any atom is -0.368 e. The number of carbonyl (C=O) groups is 1. The van der Waals surface area contributed by atoms with Crippen molar-refractivity contribution in [3.63, 3.8) is 0 Å². The van der Waals surface area contributed by atoms with E-state index in [-0.39, 0.29) is 10.8 Å². The van der Waals surface area contributed by atoms with Crippen LogP contribution in [0.5, 0.6) is 0 Å². The molecule has 0 spiro atoms. The zero-order valence-corrected chi connectivity index (χ0v) is 8.62. The lowest BCUT2D eigenvalue weighted by atomic mass is 10.3. The fourth-order valence-corrected chi connectivity index (χ4v) is 0.986. The molecule has 7 heteroatoms. The molecule has 0 bridgehead atoms. The van der Waals surface area contributed by atoms with Crippen LogP contribution in [-0.2, 0) is 4.79 Å². The van der Waals surface area contributed by atoms with Crippen molar-refractivity contribution in [2.75, 3.05) is 5.32 Å². The third-order valence-corrected chi connectivity index (χ3v) is 1.89. The molecular formula is C8H8ClN5O. The molecule has 0 aliphatic rings. The fourth-order valence-electron chi connectivity index (χ4n) is 0.804. The minimum atomic E-state index is -0.580. The van der Waals surface area contributed by atoms with Gasteiger partial charge >= 0.3 is 0 Å². The van der Waals surface area contributed by atoms with Crippen molar-refractivity contribution in [1.82, 2.24) is 9.97 Å². The first-order chi connectivity index (χ1) is 7.04. The summed E-state index contributed by atoms with van der Waals surface area (Å²) in [6.45, 7) is 1.58. The van der Waals surface area contributed by atoms with Crippen LogP contribution >= 0.6 is 11.6 Å². The number of amides is 1. The summed E-state index contributed by atoms with van der Waals surface area (Å²) in [5, 5.41) is 11.2. The maximum absolute atomic E-state index is 10.7. The molecule has 3 N–H and O–H groups in total. The fraction of sp³-hybridized carbons (Fsp3) is 0.250. The topological polar surface area (TPSA) is 105 Å². The molecule has 0 aliphatic heterocycles. The first-order valence-corrected chi connectivity index (χ1v) is 4.41. The van der Waals surface area contributed by atoms with Crippen molar-refractivity contribution >= 4 is 23.3 Å². The molecule has 15 heavy (non-hydrogen) atoms. The zero-order chi connectivity index (χ0) is 11.4. The number of aromatic nitrogens is 2. The van der Waals surface area contributed by atoms with Gasteiger partial charge in [-0.2, -0.15) is 5.26 Å². The van der Waals surface area contributed by atoms with E-state index in [1.807, 2.05) is 0 Å².